The van der Waals surface area contributed by atoms with E-state index in [0.29, 0.717) is 23.9 Å². The fraction of sp³-hybridized carbons (Fsp3) is 0.190. The van der Waals surface area contributed by atoms with E-state index in [2.05, 4.69) is 0 Å². The normalized spacial score (nSPS) is 16.0. The molecule has 1 amide bonds. The molecule has 0 spiro atoms. The Morgan fingerprint density at radius 2 is 1.69 bits per heavy atom. The van der Waals surface area contributed by atoms with Gasteiger partial charge in [0.25, 0.3) is 0 Å². The van der Waals surface area contributed by atoms with Gasteiger partial charge >= 0.3 is 0 Å². The van der Waals surface area contributed by atoms with Crippen LogP contribution in [0.2, 0.25) is 5.02 Å². The lowest BCUT2D eigenvalue weighted by Gasteiger charge is -2.33. The zero-order chi connectivity index (χ0) is 20.4. The molecule has 6 nitrogen and oxygen atoms in total. The van der Waals surface area contributed by atoms with Crippen molar-refractivity contribution in [3.8, 4) is 0 Å². The Balaban J connectivity index is 1.38. The first kappa shape index (κ1) is 19.7. The molecule has 0 unspecified atom stereocenters. The van der Waals surface area contributed by atoms with Gasteiger partial charge in [-0.15, -0.1) is 0 Å². The molecule has 0 saturated carbocycles. The number of carbonyl (C=O) groups excluding carboxylic acids is 1. The van der Waals surface area contributed by atoms with Gasteiger partial charge in [0.15, 0.2) is 0 Å². The van der Waals surface area contributed by atoms with Crippen LogP contribution in [0.1, 0.15) is 5.76 Å². The van der Waals surface area contributed by atoms with Crippen LogP contribution in [0.5, 0.6) is 0 Å². The van der Waals surface area contributed by atoms with Gasteiger partial charge < -0.3 is 9.32 Å². The number of amides is 1. The minimum atomic E-state index is -3.59. The molecule has 4 rings (SSSR count). The SMILES string of the molecule is O=C(/C=C/c1cc2ccccc2o1)N1CCN(S(=O)(=O)c2ccc(Cl)cc2)CC1. The fourth-order valence-corrected chi connectivity index (χ4v) is 4.80. The number of sulfonamides is 1. The van der Waals surface area contributed by atoms with Crippen LogP contribution in [0, 0.1) is 0 Å². The average molecular weight is 431 g/mol. The molecular weight excluding hydrogens is 412 g/mol. The second-order valence-electron chi connectivity index (χ2n) is 6.70. The molecule has 1 aromatic heterocycles. The molecule has 2 heterocycles. The highest BCUT2D eigenvalue weighted by Gasteiger charge is 2.29. The van der Waals surface area contributed by atoms with Crippen molar-refractivity contribution in [1.82, 2.24) is 9.21 Å². The molecule has 1 fully saturated rings. The van der Waals surface area contributed by atoms with Crippen LogP contribution >= 0.6 is 11.6 Å². The van der Waals surface area contributed by atoms with Crippen molar-refractivity contribution in [2.45, 2.75) is 4.90 Å². The van der Waals surface area contributed by atoms with E-state index >= 15 is 0 Å². The highest BCUT2D eigenvalue weighted by molar-refractivity contribution is 7.89. The van der Waals surface area contributed by atoms with Gasteiger partial charge in [0, 0.05) is 42.7 Å². The van der Waals surface area contributed by atoms with Gasteiger partial charge in [-0.3, -0.25) is 4.79 Å². The van der Waals surface area contributed by atoms with Crippen molar-refractivity contribution in [3.05, 3.63) is 71.5 Å². The highest BCUT2D eigenvalue weighted by atomic mass is 35.5. The average Bonchev–Trinajstić information content (AvgIpc) is 3.15. The van der Waals surface area contributed by atoms with E-state index < -0.39 is 10.0 Å². The number of furan rings is 1. The third-order valence-electron chi connectivity index (χ3n) is 4.84. The van der Waals surface area contributed by atoms with Crippen molar-refractivity contribution in [2.24, 2.45) is 0 Å². The fourth-order valence-electron chi connectivity index (χ4n) is 3.25. The Hall–Kier alpha value is -2.61. The van der Waals surface area contributed by atoms with Crippen molar-refractivity contribution in [2.75, 3.05) is 26.2 Å². The number of hydrogen-bond donors (Lipinski definition) is 0. The van der Waals surface area contributed by atoms with Crippen molar-refractivity contribution in [1.29, 1.82) is 0 Å². The first-order valence-electron chi connectivity index (χ1n) is 9.15. The van der Waals surface area contributed by atoms with Crippen molar-refractivity contribution < 1.29 is 17.6 Å². The summed E-state index contributed by atoms with van der Waals surface area (Å²) in [6, 6.07) is 15.6. The van der Waals surface area contributed by atoms with Crippen LogP contribution in [0.25, 0.3) is 17.0 Å². The number of para-hydroxylation sites is 1. The first-order valence-corrected chi connectivity index (χ1v) is 11.0. The summed E-state index contributed by atoms with van der Waals surface area (Å²) in [4.78, 5) is 14.3. The molecule has 1 aliphatic heterocycles. The summed E-state index contributed by atoms with van der Waals surface area (Å²) in [5.41, 5.74) is 0.764. The monoisotopic (exact) mass is 430 g/mol. The quantitative estimate of drug-likeness (QED) is 0.592. The maximum absolute atomic E-state index is 12.7. The summed E-state index contributed by atoms with van der Waals surface area (Å²) < 4.78 is 32.5. The van der Waals surface area contributed by atoms with E-state index in [1.54, 1.807) is 23.1 Å². The zero-order valence-corrected chi connectivity index (χ0v) is 17.1. The summed E-state index contributed by atoms with van der Waals surface area (Å²) >= 11 is 5.83. The van der Waals surface area contributed by atoms with Crippen molar-refractivity contribution in [3.63, 3.8) is 0 Å². The maximum Gasteiger partial charge on any atom is 0.246 e. The Bertz CT molecular complexity index is 1130. The van der Waals surface area contributed by atoms with Gasteiger partial charge in [-0.1, -0.05) is 29.8 Å². The highest BCUT2D eigenvalue weighted by Crippen LogP contribution is 2.21. The molecule has 3 aromatic rings. The number of fused-ring (bicyclic) bond motifs is 1. The Morgan fingerprint density at radius 3 is 2.38 bits per heavy atom. The maximum atomic E-state index is 12.7. The van der Waals surface area contributed by atoms with Crippen LogP contribution in [0.15, 0.2) is 70.0 Å². The lowest BCUT2D eigenvalue weighted by Crippen LogP contribution is -2.50. The largest absolute Gasteiger partial charge is 0.457 e. The summed E-state index contributed by atoms with van der Waals surface area (Å²) in [6.45, 7) is 1.15. The third kappa shape index (κ3) is 4.22. The first-order chi connectivity index (χ1) is 13.9. The number of rotatable bonds is 4. The van der Waals surface area contributed by atoms with Gasteiger partial charge in [-0.25, -0.2) is 8.42 Å². The smallest absolute Gasteiger partial charge is 0.246 e. The number of halogens is 1. The second-order valence-corrected chi connectivity index (χ2v) is 9.08. The molecule has 29 heavy (non-hydrogen) atoms. The summed E-state index contributed by atoms with van der Waals surface area (Å²) in [7, 11) is -3.59. The van der Waals surface area contributed by atoms with E-state index in [-0.39, 0.29) is 23.9 Å². The van der Waals surface area contributed by atoms with Crippen LogP contribution in [-0.2, 0) is 14.8 Å². The second kappa shape index (κ2) is 8.02. The molecule has 1 saturated heterocycles. The molecule has 8 heteroatoms. The van der Waals surface area contributed by atoms with Crippen LogP contribution < -0.4 is 0 Å². The minimum absolute atomic E-state index is 0.172. The number of carbonyl (C=O) groups is 1. The van der Waals surface area contributed by atoms with Crippen LogP contribution in [0.3, 0.4) is 0 Å². The van der Waals surface area contributed by atoms with Crippen molar-refractivity contribution >= 4 is 44.6 Å². The number of piperazine rings is 1. The van der Waals surface area contributed by atoms with Gasteiger partial charge in [-0.2, -0.15) is 4.31 Å². The van der Waals surface area contributed by atoms with Crippen LogP contribution in [-0.4, -0.2) is 49.7 Å². The number of benzene rings is 2. The molecule has 0 radical (unpaired) electrons. The van der Waals surface area contributed by atoms with E-state index in [0.717, 1.165) is 11.0 Å². The van der Waals surface area contributed by atoms with E-state index in [9.17, 15) is 13.2 Å². The number of nitrogens with zero attached hydrogens (tertiary/aromatic N) is 2. The molecule has 2 aromatic carbocycles. The standard InChI is InChI=1S/C21H19ClN2O4S/c22-17-5-8-19(9-6-17)29(26,27)24-13-11-23(12-14-24)21(25)10-7-18-15-16-3-1-2-4-20(16)28-18/h1-10,15H,11-14H2/b10-7+. The minimum Gasteiger partial charge on any atom is -0.457 e. The summed E-state index contributed by atoms with van der Waals surface area (Å²) in [5, 5.41) is 1.45. The third-order valence-corrected chi connectivity index (χ3v) is 7.00. The Kier molecular flexibility index (Phi) is 5.45. The predicted molar refractivity (Wildman–Crippen MR) is 112 cm³/mol. The topological polar surface area (TPSA) is 70.8 Å². The molecule has 0 aliphatic carbocycles. The molecule has 1 aliphatic rings. The lowest BCUT2D eigenvalue weighted by molar-refractivity contribution is -0.127. The van der Waals surface area contributed by atoms with Gasteiger partial charge in [0.1, 0.15) is 11.3 Å². The Labute approximate surface area is 174 Å². The van der Waals surface area contributed by atoms with E-state index in [1.165, 1.54) is 22.5 Å². The van der Waals surface area contributed by atoms with Gasteiger partial charge in [0.2, 0.25) is 15.9 Å². The predicted octanol–water partition coefficient (Wildman–Crippen LogP) is 3.63. The summed E-state index contributed by atoms with van der Waals surface area (Å²) in [5.74, 6) is 0.428. The molecular formula is C21H19ClN2O4S. The molecule has 0 bridgehead atoms. The molecule has 0 N–H and O–H groups in total. The van der Waals surface area contributed by atoms with Gasteiger partial charge in [0.05, 0.1) is 4.90 Å². The number of hydrogen-bond acceptors (Lipinski definition) is 4. The lowest BCUT2D eigenvalue weighted by atomic mass is 10.2. The summed E-state index contributed by atoms with van der Waals surface area (Å²) in [6.07, 6.45) is 3.10. The zero-order valence-electron chi connectivity index (χ0n) is 15.5. The van der Waals surface area contributed by atoms with E-state index in [4.69, 9.17) is 16.0 Å². The van der Waals surface area contributed by atoms with Crippen LogP contribution in [0.4, 0.5) is 0 Å². The Morgan fingerprint density at radius 1 is 1.00 bits per heavy atom. The molecule has 0 atom stereocenters. The van der Waals surface area contributed by atoms with Gasteiger partial charge in [-0.05, 0) is 42.5 Å². The van der Waals surface area contributed by atoms with E-state index in [1.807, 2.05) is 30.3 Å². The molecule has 150 valence electrons.